The minimum absolute atomic E-state index is 0.255. The molecule has 0 radical (unpaired) electrons. The van der Waals surface area contributed by atoms with Crippen LogP contribution < -0.4 is 10.6 Å². The molecule has 2 heterocycles. The molecule has 21 heavy (non-hydrogen) atoms. The molecule has 0 aliphatic rings. The number of fused-ring (bicyclic) bond motifs is 1. The molecular formula is C15H14N4OS. The fraction of sp³-hybridized carbons (Fsp3) is 0.133. The molecule has 106 valence electrons. The van der Waals surface area contributed by atoms with E-state index in [0.717, 1.165) is 23.1 Å². The normalized spacial score (nSPS) is 10.5. The molecule has 0 spiro atoms. The molecule has 0 saturated carbocycles. The molecule has 0 fully saturated rings. The lowest BCUT2D eigenvalue weighted by molar-refractivity contribution is 0.102. The number of thiazole rings is 1. The van der Waals surface area contributed by atoms with Crippen LogP contribution in [0.1, 0.15) is 17.4 Å². The number of rotatable bonds is 4. The maximum Gasteiger partial charge on any atom is 0.276 e. The van der Waals surface area contributed by atoms with Crippen molar-refractivity contribution in [1.82, 2.24) is 9.97 Å². The number of hydrogen-bond acceptors (Lipinski definition) is 5. The molecule has 0 saturated heterocycles. The van der Waals surface area contributed by atoms with Crippen molar-refractivity contribution in [1.29, 1.82) is 0 Å². The van der Waals surface area contributed by atoms with Crippen molar-refractivity contribution in [3.63, 3.8) is 0 Å². The first-order valence-corrected chi connectivity index (χ1v) is 7.50. The van der Waals surface area contributed by atoms with Crippen LogP contribution in [0.2, 0.25) is 0 Å². The highest BCUT2D eigenvalue weighted by atomic mass is 32.1. The molecule has 6 heteroatoms. The lowest BCUT2D eigenvalue weighted by Crippen LogP contribution is -2.14. The zero-order valence-corrected chi connectivity index (χ0v) is 12.3. The lowest BCUT2D eigenvalue weighted by Gasteiger charge is -2.09. The molecule has 5 nitrogen and oxygen atoms in total. The Kier molecular flexibility index (Phi) is 3.79. The minimum Gasteiger partial charge on any atom is -0.370 e. The summed E-state index contributed by atoms with van der Waals surface area (Å²) in [6, 6.07) is 9.65. The number of carbonyl (C=O) groups excluding carboxylic acids is 1. The zero-order valence-electron chi connectivity index (χ0n) is 11.5. The van der Waals surface area contributed by atoms with Crippen LogP contribution in [0.3, 0.4) is 0 Å². The molecule has 2 aromatic heterocycles. The standard InChI is InChI=1S/C15H14N4OS/c1-2-16-13-11-6-4-3-5-10(11)9-12(18-13)14(20)19-15-17-7-8-21-15/h3-9H,2H2,1H3,(H,16,18)(H,17,19,20). The zero-order chi connectivity index (χ0) is 14.7. The largest absolute Gasteiger partial charge is 0.370 e. The number of anilines is 2. The Bertz CT molecular complexity index is 770. The maximum atomic E-state index is 12.3. The molecule has 0 atom stereocenters. The number of amides is 1. The summed E-state index contributed by atoms with van der Waals surface area (Å²) in [6.07, 6.45) is 1.65. The van der Waals surface area contributed by atoms with Gasteiger partial charge < -0.3 is 5.32 Å². The van der Waals surface area contributed by atoms with E-state index < -0.39 is 0 Å². The average molecular weight is 298 g/mol. The first-order chi connectivity index (χ1) is 10.3. The molecular weight excluding hydrogens is 284 g/mol. The van der Waals surface area contributed by atoms with Gasteiger partial charge in [0.05, 0.1) is 0 Å². The van der Waals surface area contributed by atoms with Crippen LogP contribution in [0.15, 0.2) is 41.9 Å². The monoisotopic (exact) mass is 298 g/mol. The van der Waals surface area contributed by atoms with Crippen molar-refractivity contribution in [3.05, 3.63) is 47.6 Å². The van der Waals surface area contributed by atoms with Gasteiger partial charge in [0, 0.05) is 23.5 Å². The van der Waals surface area contributed by atoms with E-state index in [2.05, 4.69) is 20.6 Å². The quantitative estimate of drug-likeness (QED) is 0.775. The molecule has 1 amide bonds. The highest BCUT2D eigenvalue weighted by Gasteiger charge is 2.12. The van der Waals surface area contributed by atoms with E-state index in [1.807, 2.05) is 36.6 Å². The smallest absolute Gasteiger partial charge is 0.276 e. The average Bonchev–Trinajstić information content (AvgIpc) is 3.00. The molecule has 0 unspecified atom stereocenters. The Hall–Kier alpha value is -2.47. The van der Waals surface area contributed by atoms with E-state index >= 15 is 0 Å². The maximum absolute atomic E-state index is 12.3. The molecule has 2 N–H and O–H groups in total. The Morgan fingerprint density at radius 1 is 1.33 bits per heavy atom. The number of nitrogens with one attached hydrogen (secondary N) is 2. The summed E-state index contributed by atoms with van der Waals surface area (Å²) in [5, 5.41) is 10.3. The Balaban J connectivity index is 2.00. The second-order valence-electron chi connectivity index (χ2n) is 4.40. The fourth-order valence-corrected chi connectivity index (χ4v) is 2.59. The van der Waals surface area contributed by atoms with E-state index in [4.69, 9.17) is 0 Å². The number of carbonyl (C=O) groups is 1. The Morgan fingerprint density at radius 3 is 2.95 bits per heavy atom. The van der Waals surface area contributed by atoms with E-state index in [9.17, 15) is 4.79 Å². The number of nitrogens with zero attached hydrogens (tertiary/aromatic N) is 2. The Labute approximate surface area is 126 Å². The van der Waals surface area contributed by atoms with E-state index in [1.165, 1.54) is 11.3 Å². The molecule has 0 aliphatic carbocycles. The molecule has 0 aliphatic heterocycles. The van der Waals surface area contributed by atoms with E-state index in [1.54, 1.807) is 12.3 Å². The van der Waals surface area contributed by atoms with Crippen LogP contribution in [0.5, 0.6) is 0 Å². The Morgan fingerprint density at radius 2 is 2.19 bits per heavy atom. The first-order valence-electron chi connectivity index (χ1n) is 6.62. The summed E-state index contributed by atoms with van der Waals surface area (Å²) in [5.41, 5.74) is 0.375. The summed E-state index contributed by atoms with van der Waals surface area (Å²) in [7, 11) is 0. The van der Waals surface area contributed by atoms with Crippen LogP contribution in [0.25, 0.3) is 10.8 Å². The summed E-state index contributed by atoms with van der Waals surface area (Å²) in [5.74, 6) is 0.467. The topological polar surface area (TPSA) is 66.9 Å². The van der Waals surface area contributed by atoms with Gasteiger partial charge in [0.15, 0.2) is 5.13 Å². The van der Waals surface area contributed by atoms with Gasteiger partial charge in [0.25, 0.3) is 5.91 Å². The van der Waals surface area contributed by atoms with E-state index in [-0.39, 0.29) is 5.91 Å². The molecule has 1 aromatic carbocycles. The number of pyridine rings is 1. The fourth-order valence-electron chi connectivity index (χ4n) is 2.06. The van der Waals surface area contributed by atoms with Crippen LogP contribution in [-0.2, 0) is 0 Å². The third-order valence-electron chi connectivity index (χ3n) is 2.97. The first kappa shape index (κ1) is 13.5. The SMILES string of the molecule is CCNc1nc(C(=O)Nc2nccs2)cc2ccccc12. The number of benzene rings is 1. The van der Waals surface area contributed by atoms with Crippen LogP contribution in [0.4, 0.5) is 10.9 Å². The molecule has 3 rings (SSSR count). The van der Waals surface area contributed by atoms with Gasteiger partial charge in [0.1, 0.15) is 11.5 Å². The highest BCUT2D eigenvalue weighted by Crippen LogP contribution is 2.23. The van der Waals surface area contributed by atoms with Gasteiger partial charge in [-0.2, -0.15) is 0 Å². The molecule has 3 aromatic rings. The van der Waals surface area contributed by atoms with Gasteiger partial charge in [-0.3, -0.25) is 10.1 Å². The molecule has 0 bridgehead atoms. The van der Waals surface area contributed by atoms with Crippen molar-refractivity contribution in [2.75, 3.05) is 17.2 Å². The van der Waals surface area contributed by atoms with Crippen molar-refractivity contribution in [3.8, 4) is 0 Å². The third kappa shape index (κ3) is 2.85. The van der Waals surface area contributed by atoms with Gasteiger partial charge in [-0.05, 0) is 18.4 Å². The predicted octanol–water partition coefficient (Wildman–Crippen LogP) is 3.38. The number of aromatic nitrogens is 2. The third-order valence-corrected chi connectivity index (χ3v) is 3.66. The minimum atomic E-state index is -0.255. The predicted molar refractivity (Wildman–Crippen MR) is 86.0 cm³/mol. The van der Waals surface area contributed by atoms with E-state index in [0.29, 0.717) is 10.8 Å². The van der Waals surface area contributed by atoms with Crippen LogP contribution in [-0.4, -0.2) is 22.4 Å². The summed E-state index contributed by atoms with van der Waals surface area (Å²) in [4.78, 5) is 20.7. The summed E-state index contributed by atoms with van der Waals surface area (Å²) < 4.78 is 0. The second kappa shape index (κ2) is 5.88. The van der Waals surface area contributed by atoms with Crippen molar-refractivity contribution in [2.45, 2.75) is 6.92 Å². The highest BCUT2D eigenvalue weighted by molar-refractivity contribution is 7.13. The van der Waals surface area contributed by atoms with Gasteiger partial charge in [0.2, 0.25) is 0 Å². The van der Waals surface area contributed by atoms with Crippen molar-refractivity contribution in [2.24, 2.45) is 0 Å². The van der Waals surface area contributed by atoms with Crippen LogP contribution >= 0.6 is 11.3 Å². The van der Waals surface area contributed by atoms with Crippen LogP contribution in [0, 0.1) is 0 Å². The van der Waals surface area contributed by atoms with Gasteiger partial charge >= 0.3 is 0 Å². The van der Waals surface area contributed by atoms with Gasteiger partial charge in [-0.15, -0.1) is 11.3 Å². The lowest BCUT2D eigenvalue weighted by atomic mass is 10.1. The van der Waals surface area contributed by atoms with Gasteiger partial charge in [-0.25, -0.2) is 9.97 Å². The van der Waals surface area contributed by atoms with Gasteiger partial charge in [-0.1, -0.05) is 24.3 Å². The van der Waals surface area contributed by atoms with Crippen molar-refractivity contribution >= 4 is 39.0 Å². The summed E-state index contributed by atoms with van der Waals surface area (Å²) in [6.45, 7) is 2.74. The van der Waals surface area contributed by atoms with Crippen molar-refractivity contribution < 1.29 is 4.79 Å². The number of hydrogen-bond donors (Lipinski definition) is 2. The second-order valence-corrected chi connectivity index (χ2v) is 5.29. The summed E-state index contributed by atoms with van der Waals surface area (Å²) >= 11 is 1.38.